The van der Waals surface area contributed by atoms with E-state index in [0.717, 1.165) is 12.1 Å². The summed E-state index contributed by atoms with van der Waals surface area (Å²) in [6, 6.07) is 12.7. The molecule has 0 aromatic heterocycles. The molecule has 0 saturated carbocycles. The molecule has 2 N–H and O–H groups in total. The average Bonchev–Trinajstić information content (AvgIpc) is 2.56. The van der Waals surface area contributed by atoms with Crippen LogP contribution in [0.5, 0.6) is 0 Å². The smallest absolute Gasteiger partial charge is 0.223 e. The zero-order valence-electron chi connectivity index (χ0n) is 13.5. The lowest BCUT2D eigenvalue weighted by molar-refractivity contribution is 0.560. The van der Waals surface area contributed by atoms with Crippen molar-refractivity contribution in [2.45, 2.75) is 17.1 Å². The Morgan fingerprint density at radius 2 is 1.52 bits per heavy atom. The average molecular weight is 386 g/mol. The van der Waals surface area contributed by atoms with Crippen LogP contribution in [0.3, 0.4) is 0 Å². The molecular weight excluding hydrogens is 367 g/mol. The van der Waals surface area contributed by atoms with Crippen LogP contribution in [0.1, 0.15) is 17.7 Å². The lowest BCUT2D eigenvalue weighted by atomic mass is 10.1. The van der Waals surface area contributed by atoms with Crippen LogP contribution in [0.25, 0.3) is 0 Å². The summed E-state index contributed by atoms with van der Waals surface area (Å²) in [5, 5.41) is -1.15. The molecule has 0 aliphatic carbocycles. The minimum Gasteiger partial charge on any atom is -0.223 e. The van der Waals surface area contributed by atoms with Crippen LogP contribution in [-0.4, -0.2) is 29.9 Å². The molecule has 9 heteroatoms. The number of halogens is 1. The largest absolute Gasteiger partial charge is 0.276 e. The Balaban J connectivity index is 2.39. The van der Waals surface area contributed by atoms with E-state index in [2.05, 4.69) is 9.44 Å². The van der Waals surface area contributed by atoms with E-state index in [-0.39, 0.29) is 18.0 Å². The minimum absolute atomic E-state index is 0.0783. The van der Waals surface area contributed by atoms with Gasteiger partial charge in [0.25, 0.3) is 10.2 Å². The van der Waals surface area contributed by atoms with Crippen molar-refractivity contribution in [3.63, 3.8) is 0 Å². The van der Waals surface area contributed by atoms with Crippen molar-refractivity contribution in [2.24, 2.45) is 0 Å². The normalized spacial score (nSPS) is 13.5. The Kier molecular flexibility index (Phi) is 6.28. The molecular formula is C16H19FN2O4S2. The highest BCUT2D eigenvalue weighted by molar-refractivity contribution is 7.92. The van der Waals surface area contributed by atoms with Gasteiger partial charge in [-0.25, -0.2) is 22.3 Å². The molecule has 1 atom stereocenters. The third-order valence-corrected chi connectivity index (χ3v) is 6.81. The van der Waals surface area contributed by atoms with Gasteiger partial charge in [0.2, 0.25) is 0 Å². The third kappa shape index (κ3) is 5.08. The predicted octanol–water partition coefficient (Wildman–Crippen LogP) is 1.78. The molecule has 0 spiro atoms. The van der Waals surface area contributed by atoms with Crippen LogP contribution in [0.15, 0.2) is 59.5 Å². The minimum atomic E-state index is -3.93. The summed E-state index contributed by atoms with van der Waals surface area (Å²) >= 11 is 0. The van der Waals surface area contributed by atoms with Gasteiger partial charge in [-0.05, 0) is 29.8 Å². The van der Waals surface area contributed by atoms with Gasteiger partial charge in [-0.2, -0.15) is 8.42 Å². The van der Waals surface area contributed by atoms with Gasteiger partial charge in [0.1, 0.15) is 11.1 Å². The number of hydrogen-bond acceptors (Lipinski definition) is 4. The molecule has 0 aliphatic rings. The third-order valence-electron chi connectivity index (χ3n) is 3.48. The van der Waals surface area contributed by atoms with E-state index in [1.165, 1.54) is 12.1 Å². The quantitative estimate of drug-likeness (QED) is 0.677. The highest BCUT2D eigenvalue weighted by atomic mass is 32.2. The number of rotatable bonds is 8. The molecule has 0 fully saturated rings. The van der Waals surface area contributed by atoms with Crippen molar-refractivity contribution in [3.05, 3.63) is 66.0 Å². The Hall–Kier alpha value is -1.81. The van der Waals surface area contributed by atoms with Gasteiger partial charge in [-0.15, -0.1) is 0 Å². The number of benzene rings is 2. The second kappa shape index (κ2) is 8.05. The van der Waals surface area contributed by atoms with Crippen LogP contribution in [0.4, 0.5) is 4.39 Å². The summed E-state index contributed by atoms with van der Waals surface area (Å²) in [5.41, 5.74) is 0.436. The van der Waals surface area contributed by atoms with Gasteiger partial charge in [0.15, 0.2) is 9.84 Å². The van der Waals surface area contributed by atoms with E-state index in [1.807, 2.05) is 0 Å². The van der Waals surface area contributed by atoms with E-state index in [4.69, 9.17) is 0 Å². The molecule has 0 amide bonds. The molecule has 2 aromatic rings. The first-order valence-electron chi connectivity index (χ1n) is 7.55. The van der Waals surface area contributed by atoms with Crippen LogP contribution in [0.2, 0.25) is 0 Å². The summed E-state index contributed by atoms with van der Waals surface area (Å²) in [7, 11) is -7.74. The molecule has 0 saturated heterocycles. The van der Waals surface area contributed by atoms with Crippen LogP contribution >= 0.6 is 0 Å². The lowest BCUT2D eigenvalue weighted by Gasteiger charge is -2.19. The molecule has 2 aromatic carbocycles. The fourth-order valence-electron chi connectivity index (χ4n) is 2.29. The summed E-state index contributed by atoms with van der Waals surface area (Å²) in [6.07, 6.45) is 0. The van der Waals surface area contributed by atoms with E-state index >= 15 is 0 Å². The van der Waals surface area contributed by atoms with Crippen molar-refractivity contribution in [1.29, 1.82) is 0 Å². The summed E-state index contributed by atoms with van der Waals surface area (Å²) in [6.45, 7) is 1.44. The zero-order valence-corrected chi connectivity index (χ0v) is 15.1. The van der Waals surface area contributed by atoms with E-state index < -0.39 is 31.1 Å². The second-order valence-corrected chi connectivity index (χ2v) is 8.96. The Labute approximate surface area is 147 Å². The highest BCUT2D eigenvalue weighted by Gasteiger charge is 2.30. The van der Waals surface area contributed by atoms with Crippen molar-refractivity contribution in [1.82, 2.24) is 9.44 Å². The SMILES string of the molecule is CCNS(=O)(=O)NCC(c1ccccc1)S(=O)(=O)c1ccc(F)cc1. The molecule has 0 heterocycles. The maximum Gasteiger partial charge on any atom is 0.276 e. The molecule has 0 bridgehead atoms. The van der Waals surface area contributed by atoms with Crippen molar-refractivity contribution in [2.75, 3.05) is 13.1 Å². The standard InChI is InChI=1S/C16H19FN2O4S2/c1-2-18-25(22,23)19-12-16(13-6-4-3-5-7-13)24(20,21)15-10-8-14(17)9-11-15/h3-11,16,18-19H,2,12H2,1H3. The van der Waals surface area contributed by atoms with E-state index in [0.29, 0.717) is 5.56 Å². The molecule has 25 heavy (non-hydrogen) atoms. The van der Waals surface area contributed by atoms with Gasteiger partial charge in [-0.3, -0.25) is 0 Å². The maximum absolute atomic E-state index is 13.1. The van der Waals surface area contributed by atoms with Crippen molar-refractivity contribution >= 4 is 20.0 Å². The van der Waals surface area contributed by atoms with Crippen LogP contribution < -0.4 is 9.44 Å². The second-order valence-electron chi connectivity index (χ2n) is 5.25. The predicted molar refractivity (Wildman–Crippen MR) is 93.4 cm³/mol. The van der Waals surface area contributed by atoms with Crippen molar-refractivity contribution < 1.29 is 21.2 Å². The number of hydrogen-bond donors (Lipinski definition) is 2. The summed E-state index contributed by atoms with van der Waals surface area (Å²) in [4.78, 5) is -0.0783. The molecule has 0 aliphatic heterocycles. The first-order valence-corrected chi connectivity index (χ1v) is 10.6. The summed E-state index contributed by atoms with van der Waals surface area (Å²) < 4.78 is 67.1. The van der Waals surface area contributed by atoms with E-state index in [1.54, 1.807) is 37.3 Å². The fraction of sp³-hybridized carbons (Fsp3) is 0.250. The fourth-order valence-corrected chi connectivity index (χ4v) is 4.93. The molecule has 0 radical (unpaired) electrons. The first kappa shape index (κ1) is 19.5. The van der Waals surface area contributed by atoms with Gasteiger partial charge in [0, 0.05) is 13.1 Å². The molecule has 136 valence electrons. The Morgan fingerprint density at radius 1 is 0.920 bits per heavy atom. The molecule has 6 nitrogen and oxygen atoms in total. The van der Waals surface area contributed by atoms with Crippen LogP contribution in [-0.2, 0) is 20.0 Å². The molecule has 1 unspecified atom stereocenters. The van der Waals surface area contributed by atoms with E-state index in [9.17, 15) is 21.2 Å². The lowest BCUT2D eigenvalue weighted by Crippen LogP contribution is -2.39. The van der Waals surface area contributed by atoms with Gasteiger partial charge < -0.3 is 0 Å². The van der Waals surface area contributed by atoms with Gasteiger partial charge >= 0.3 is 0 Å². The van der Waals surface area contributed by atoms with Gasteiger partial charge in [-0.1, -0.05) is 37.3 Å². The highest BCUT2D eigenvalue weighted by Crippen LogP contribution is 2.28. The van der Waals surface area contributed by atoms with Gasteiger partial charge in [0.05, 0.1) is 4.90 Å². The number of nitrogens with one attached hydrogen (secondary N) is 2. The molecule has 2 rings (SSSR count). The van der Waals surface area contributed by atoms with Crippen LogP contribution in [0, 0.1) is 5.82 Å². The first-order chi connectivity index (χ1) is 11.8. The Bertz CT molecular complexity index is 899. The number of sulfone groups is 1. The van der Waals surface area contributed by atoms with Crippen molar-refractivity contribution in [3.8, 4) is 0 Å². The maximum atomic E-state index is 13.1. The Morgan fingerprint density at radius 3 is 2.08 bits per heavy atom. The summed E-state index contributed by atoms with van der Waals surface area (Å²) in [5.74, 6) is -0.553. The zero-order chi connectivity index (χ0) is 18.5. The topological polar surface area (TPSA) is 92.3 Å². The monoisotopic (exact) mass is 386 g/mol.